The molecule has 0 aromatic rings. The number of nitrogens with one attached hydrogen (secondary N) is 2. The van der Waals surface area contributed by atoms with E-state index in [9.17, 15) is 0 Å². The Morgan fingerprint density at radius 1 is 1.58 bits per heavy atom. The van der Waals surface area contributed by atoms with E-state index in [1.54, 1.807) is 7.11 Å². The molecule has 0 aliphatic carbocycles. The Morgan fingerprint density at radius 2 is 2.25 bits per heavy atom. The molecular weight excluding hydrogens is 152 g/mol. The zero-order chi connectivity index (χ0) is 9.40. The minimum absolute atomic E-state index is 0.401. The first kappa shape index (κ1) is 11.2. The summed E-state index contributed by atoms with van der Waals surface area (Å²) in [7, 11) is 1.67. The molecule has 0 saturated heterocycles. The van der Waals surface area contributed by atoms with E-state index in [0.29, 0.717) is 12.5 Å². The average Bonchev–Trinajstić information content (AvgIpc) is 2.04. The van der Waals surface area contributed by atoms with Crippen LogP contribution < -0.4 is 5.32 Å². The summed E-state index contributed by atoms with van der Waals surface area (Å²) in [4.78, 5) is 0. The third-order valence-corrected chi connectivity index (χ3v) is 1.55. The fraction of sp³-hybridized carbons (Fsp3) is 0.667. The van der Waals surface area contributed by atoms with E-state index in [0.717, 1.165) is 12.1 Å². The SMILES string of the molecule is COCCN/C=C(\C=N)C(C)C. The molecule has 0 heterocycles. The van der Waals surface area contributed by atoms with Gasteiger partial charge in [0.15, 0.2) is 0 Å². The van der Waals surface area contributed by atoms with Gasteiger partial charge in [0.05, 0.1) is 6.61 Å². The molecule has 70 valence electrons. The van der Waals surface area contributed by atoms with Gasteiger partial charge in [-0.1, -0.05) is 13.8 Å². The standard InChI is InChI=1S/C9H18N2O/c1-8(2)9(6-10)7-11-4-5-12-3/h6-8,10-11H,4-5H2,1-3H3/b9-7+,10-6?. The summed E-state index contributed by atoms with van der Waals surface area (Å²) in [5.41, 5.74) is 1.01. The number of allylic oxidation sites excluding steroid dienone is 1. The molecule has 0 aliphatic heterocycles. The highest BCUT2D eigenvalue weighted by Gasteiger charge is 1.97. The molecule has 0 bridgehead atoms. The van der Waals surface area contributed by atoms with Gasteiger partial charge < -0.3 is 15.5 Å². The van der Waals surface area contributed by atoms with Crippen molar-refractivity contribution in [3.05, 3.63) is 11.8 Å². The van der Waals surface area contributed by atoms with E-state index in [2.05, 4.69) is 19.2 Å². The van der Waals surface area contributed by atoms with Gasteiger partial charge in [-0.2, -0.15) is 0 Å². The number of methoxy groups -OCH3 is 1. The summed E-state index contributed by atoms with van der Waals surface area (Å²) in [5, 5.41) is 10.2. The molecule has 0 saturated carbocycles. The van der Waals surface area contributed by atoms with Gasteiger partial charge >= 0.3 is 0 Å². The van der Waals surface area contributed by atoms with Gasteiger partial charge in [-0.15, -0.1) is 0 Å². The maximum atomic E-state index is 7.11. The van der Waals surface area contributed by atoms with E-state index in [1.165, 1.54) is 6.21 Å². The summed E-state index contributed by atoms with van der Waals surface area (Å²) in [6.07, 6.45) is 3.25. The van der Waals surface area contributed by atoms with Crippen LogP contribution in [0.25, 0.3) is 0 Å². The Morgan fingerprint density at radius 3 is 2.67 bits per heavy atom. The monoisotopic (exact) mass is 170 g/mol. The molecule has 0 aromatic heterocycles. The van der Waals surface area contributed by atoms with Crippen molar-refractivity contribution in [2.75, 3.05) is 20.3 Å². The van der Waals surface area contributed by atoms with Crippen LogP contribution in [0.2, 0.25) is 0 Å². The Balaban J connectivity index is 3.71. The van der Waals surface area contributed by atoms with Crippen molar-refractivity contribution in [3.8, 4) is 0 Å². The molecule has 0 amide bonds. The van der Waals surface area contributed by atoms with Gasteiger partial charge in [-0.25, -0.2) is 0 Å². The van der Waals surface area contributed by atoms with Crippen LogP contribution in [0.15, 0.2) is 11.8 Å². The minimum Gasteiger partial charge on any atom is -0.388 e. The average molecular weight is 170 g/mol. The number of hydrogen-bond acceptors (Lipinski definition) is 3. The molecule has 2 N–H and O–H groups in total. The van der Waals surface area contributed by atoms with E-state index >= 15 is 0 Å². The summed E-state index contributed by atoms with van der Waals surface area (Å²) in [6.45, 7) is 5.62. The lowest BCUT2D eigenvalue weighted by Gasteiger charge is -2.06. The maximum Gasteiger partial charge on any atom is 0.0635 e. The summed E-state index contributed by atoms with van der Waals surface area (Å²) < 4.78 is 4.87. The second-order valence-corrected chi connectivity index (χ2v) is 2.89. The number of ether oxygens (including phenoxy) is 1. The van der Waals surface area contributed by atoms with Crippen molar-refractivity contribution in [1.29, 1.82) is 5.41 Å². The number of rotatable bonds is 6. The van der Waals surface area contributed by atoms with Crippen LogP contribution >= 0.6 is 0 Å². The zero-order valence-corrected chi connectivity index (χ0v) is 8.05. The molecule has 0 atom stereocenters. The molecule has 12 heavy (non-hydrogen) atoms. The van der Waals surface area contributed by atoms with Crippen molar-refractivity contribution < 1.29 is 4.74 Å². The Labute approximate surface area is 74.3 Å². The normalized spacial score (nSPS) is 11.8. The van der Waals surface area contributed by atoms with Crippen LogP contribution in [0.4, 0.5) is 0 Å². The highest BCUT2D eigenvalue weighted by atomic mass is 16.5. The highest BCUT2D eigenvalue weighted by molar-refractivity contribution is 5.75. The van der Waals surface area contributed by atoms with E-state index in [-0.39, 0.29) is 0 Å². The summed E-state index contributed by atoms with van der Waals surface area (Å²) in [6, 6.07) is 0. The van der Waals surface area contributed by atoms with Crippen LogP contribution in [-0.4, -0.2) is 26.5 Å². The Kier molecular flexibility index (Phi) is 6.38. The molecule has 0 aromatic carbocycles. The molecule has 0 fully saturated rings. The molecule has 0 aliphatic rings. The second-order valence-electron chi connectivity index (χ2n) is 2.89. The second kappa shape index (κ2) is 6.85. The van der Waals surface area contributed by atoms with Gasteiger partial charge in [0, 0.05) is 26.1 Å². The van der Waals surface area contributed by atoms with Crippen molar-refractivity contribution in [2.24, 2.45) is 5.92 Å². The molecule has 0 radical (unpaired) electrons. The first-order chi connectivity index (χ1) is 5.72. The van der Waals surface area contributed by atoms with Crippen molar-refractivity contribution >= 4 is 6.21 Å². The van der Waals surface area contributed by atoms with Crippen LogP contribution in [0.3, 0.4) is 0 Å². The van der Waals surface area contributed by atoms with Gasteiger partial charge in [-0.05, 0) is 11.5 Å². The minimum atomic E-state index is 0.401. The van der Waals surface area contributed by atoms with Crippen LogP contribution in [0, 0.1) is 11.3 Å². The largest absolute Gasteiger partial charge is 0.388 e. The topological polar surface area (TPSA) is 45.1 Å². The molecule has 3 heteroatoms. The van der Waals surface area contributed by atoms with E-state index in [1.807, 2.05) is 6.20 Å². The fourth-order valence-corrected chi connectivity index (χ4v) is 0.726. The first-order valence-electron chi connectivity index (χ1n) is 4.15. The fourth-order valence-electron chi connectivity index (χ4n) is 0.726. The predicted octanol–water partition coefficient (Wildman–Crippen LogP) is 1.41. The lowest BCUT2D eigenvalue weighted by Crippen LogP contribution is -2.14. The van der Waals surface area contributed by atoms with Crippen molar-refractivity contribution in [1.82, 2.24) is 5.32 Å². The number of hydrogen-bond donors (Lipinski definition) is 2. The van der Waals surface area contributed by atoms with Gasteiger partial charge in [0.1, 0.15) is 0 Å². The molecular formula is C9H18N2O. The molecule has 0 unspecified atom stereocenters. The lowest BCUT2D eigenvalue weighted by atomic mass is 10.1. The third kappa shape index (κ3) is 4.91. The lowest BCUT2D eigenvalue weighted by molar-refractivity contribution is 0.202. The first-order valence-corrected chi connectivity index (χ1v) is 4.15. The maximum absolute atomic E-state index is 7.11. The van der Waals surface area contributed by atoms with Crippen LogP contribution in [-0.2, 0) is 4.74 Å². The van der Waals surface area contributed by atoms with Crippen molar-refractivity contribution in [2.45, 2.75) is 13.8 Å². The molecule has 0 spiro atoms. The highest BCUT2D eigenvalue weighted by Crippen LogP contribution is 2.03. The summed E-state index contributed by atoms with van der Waals surface area (Å²) >= 11 is 0. The van der Waals surface area contributed by atoms with Crippen LogP contribution in [0.1, 0.15) is 13.8 Å². The van der Waals surface area contributed by atoms with Gasteiger partial charge in [0.2, 0.25) is 0 Å². The zero-order valence-electron chi connectivity index (χ0n) is 8.05. The Hall–Kier alpha value is -0.830. The molecule has 3 nitrogen and oxygen atoms in total. The van der Waals surface area contributed by atoms with E-state index < -0.39 is 0 Å². The Bertz CT molecular complexity index is 153. The predicted molar refractivity (Wildman–Crippen MR) is 51.6 cm³/mol. The summed E-state index contributed by atoms with van der Waals surface area (Å²) in [5.74, 6) is 0.401. The van der Waals surface area contributed by atoms with Crippen molar-refractivity contribution in [3.63, 3.8) is 0 Å². The van der Waals surface area contributed by atoms with Crippen LogP contribution in [0.5, 0.6) is 0 Å². The quantitative estimate of drug-likeness (QED) is 0.467. The van der Waals surface area contributed by atoms with Gasteiger partial charge in [0.25, 0.3) is 0 Å². The molecule has 0 rings (SSSR count). The van der Waals surface area contributed by atoms with E-state index in [4.69, 9.17) is 10.1 Å². The van der Waals surface area contributed by atoms with Gasteiger partial charge in [-0.3, -0.25) is 0 Å². The smallest absolute Gasteiger partial charge is 0.0635 e. The third-order valence-electron chi connectivity index (χ3n) is 1.55.